The summed E-state index contributed by atoms with van der Waals surface area (Å²) in [5, 5.41) is 4.15. The number of sulfonamides is 1. The maximum absolute atomic E-state index is 12.8. The lowest BCUT2D eigenvalue weighted by Gasteiger charge is -2.26. The second-order valence-electron chi connectivity index (χ2n) is 5.54. The predicted octanol–water partition coefficient (Wildman–Crippen LogP) is 2.11. The Balaban J connectivity index is 1.90. The maximum atomic E-state index is 12.8. The van der Waals surface area contributed by atoms with Gasteiger partial charge in [-0.1, -0.05) is 6.08 Å². The second kappa shape index (κ2) is 5.40. The van der Waals surface area contributed by atoms with Crippen molar-refractivity contribution in [2.75, 3.05) is 13.1 Å². The van der Waals surface area contributed by atoms with E-state index in [1.54, 1.807) is 30.8 Å². The van der Waals surface area contributed by atoms with Gasteiger partial charge in [0.05, 0.1) is 6.20 Å². The Morgan fingerprint density at radius 1 is 1.32 bits per heavy atom. The average molecular weight is 321 g/mol. The highest BCUT2D eigenvalue weighted by Gasteiger charge is 2.30. The van der Waals surface area contributed by atoms with E-state index in [9.17, 15) is 8.42 Å². The van der Waals surface area contributed by atoms with Crippen molar-refractivity contribution in [3.8, 4) is 0 Å². The summed E-state index contributed by atoms with van der Waals surface area (Å²) in [7, 11) is -1.69. The Bertz CT molecular complexity index is 830. The molecule has 0 radical (unpaired) electrons. The van der Waals surface area contributed by atoms with Crippen LogP contribution in [0.1, 0.15) is 23.5 Å². The molecule has 0 saturated carbocycles. The van der Waals surface area contributed by atoms with Crippen molar-refractivity contribution in [3.05, 3.63) is 41.6 Å². The first-order valence-electron chi connectivity index (χ1n) is 7.13. The molecular weight excluding hydrogens is 302 g/mol. The van der Waals surface area contributed by atoms with Gasteiger partial charge in [-0.2, -0.15) is 9.40 Å². The van der Waals surface area contributed by atoms with Gasteiger partial charge in [-0.05, 0) is 31.9 Å². The molecule has 1 aliphatic rings. The summed E-state index contributed by atoms with van der Waals surface area (Å²) in [5.74, 6) is 1.05. The van der Waals surface area contributed by atoms with Gasteiger partial charge in [-0.15, -0.1) is 0 Å². The van der Waals surface area contributed by atoms with Gasteiger partial charge in [-0.25, -0.2) is 8.42 Å². The molecule has 3 rings (SSSR count). The lowest BCUT2D eigenvalue weighted by atomic mass is 10.1. The lowest BCUT2D eigenvalue weighted by molar-refractivity contribution is 0.439. The predicted molar refractivity (Wildman–Crippen MR) is 82.7 cm³/mol. The van der Waals surface area contributed by atoms with Crippen LogP contribution in [-0.2, 0) is 17.1 Å². The number of hydrogen-bond acceptors (Lipinski definition) is 4. The molecule has 22 heavy (non-hydrogen) atoms. The van der Waals surface area contributed by atoms with Crippen LogP contribution in [0, 0.1) is 13.8 Å². The molecule has 0 aromatic carbocycles. The molecule has 7 heteroatoms. The zero-order valence-corrected chi connectivity index (χ0v) is 13.7. The van der Waals surface area contributed by atoms with Crippen molar-refractivity contribution < 1.29 is 12.8 Å². The summed E-state index contributed by atoms with van der Waals surface area (Å²) < 4.78 is 34.2. The van der Waals surface area contributed by atoms with Crippen LogP contribution in [-0.4, -0.2) is 35.6 Å². The molecule has 1 aliphatic heterocycles. The van der Waals surface area contributed by atoms with Crippen molar-refractivity contribution in [2.24, 2.45) is 7.05 Å². The number of rotatable bonds is 3. The molecule has 0 fully saturated rings. The molecule has 0 aliphatic carbocycles. The highest BCUT2D eigenvalue weighted by molar-refractivity contribution is 7.89. The molecule has 3 heterocycles. The van der Waals surface area contributed by atoms with E-state index in [1.165, 1.54) is 4.31 Å². The fraction of sp³-hybridized carbons (Fsp3) is 0.400. The highest BCUT2D eigenvalue weighted by Crippen LogP contribution is 2.28. The summed E-state index contributed by atoms with van der Waals surface area (Å²) in [6.07, 6.45) is 6.43. The molecular formula is C15H19N3O3S. The van der Waals surface area contributed by atoms with Crippen LogP contribution in [0.15, 0.2) is 33.8 Å². The van der Waals surface area contributed by atoms with Crippen molar-refractivity contribution >= 4 is 15.6 Å². The normalized spacial score (nSPS) is 16.8. The van der Waals surface area contributed by atoms with Gasteiger partial charge in [0.25, 0.3) is 0 Å². The monoisotopic (exact) mass is 321 g/mol. The van der Waals surface area contributed by atoms with E-state index >= 15 is 0 Å². The van der Waals surface area contributed by atoms with Crippen molar-refractivity contribution in [1.82, 2.24) is 14.1 Å². The zero-order valence-electron chi connectivity index (χ0n) is 12.9. The molecule has 6 nitrogen and oxygen atoms in total. The van der Waals surface area contributed by atoms with Crippen LogP contribution in [0.2, 0.25) is 0 Å². The minimum absolute atomic E-state index is 0.262. The smallest absolute Gasteiger partial charge is 0.246 e. The van der Waals surface area contributed by atoms with Gasteiger partial charge in [-0.3, -0.25) is 4.68 Å². The van der Waals surface area contributed by atoms with Crippen molar-refractivity contribution in [3.63, 3.8) is 0 Å². The summed E-state index contributed by atoms with van der Waals surface area (Å²) >= 11 is 0. The SMILES string of the molecule is Cc1cc(S(=O)(=O)N2CCC=C(c3cnn(C)c3)C2)c(C)o1. The lowest BCUT2D eigenvalue weighted by Crippen LogP contribution is -2.35. The number of hydrogen-bond donors (Lipinski definition) is 0. The average Bonchev–Trinajstić information content (AvgIpc) is 3.05. The van der Waals surface area contributed by atoms with Gasteiger partial charge in [0.1, 0.15) is 16.4 Å². The van der Waals surface area contributed by atoms with E-state index in [-0.39, 0.29) is 4.90 Å². The first kappa shape index (κ1) is 15.1. The van der Waals surface area contributed by atoms with Gasteiger partial charge in [0, 0.05) is 31.9 Å². The van der Waals surface area contributed by atoms with Crippen molar-refractivity contribution in [2.45, 2.75) is 25.2 Å². The number of aromatic nitrogens is 2. The van der Waals surface area contributed by atoms with E-state index in [1.807, 2.05) is 13.2 Å². The molecule has 0 atom stereocenters. The summed E-state index contributed by atoms with van der Waals surface area (Å²) in [6, 6.07) is 1.59. The van der Waals surface area contributed by atoms with E-state index in [0.29, 0.717) is 31.0 Å². The first-order chi connectivity index (χ1) is 10.4. The third kappa shape index (κ3) is 2.62. The summed E-state index contributed by atoms with van der Waals surface area (Å²) in [6.45, 7) is 4.28. The molecule has 0 saturated heterocycles. The number of furan rings is 1. The van der Waals surface area contributed by atoms with Crippen LogP contribution in [0.4, 0.5) is 0 Å². The Morgan fingerprint density at radius 2 is 2.09 bits per heavy atom. The van der Waals surface area contributed by atoms with E-state index in [0.717, 1.165) is 11.1 Å². The number of aryl methyl sites for hydroxylation is 3. The Kier molecular flexibility index (Phi) is 3.70. The molecule has 118 valence electrons. The Morgan fingerprint density at radius 3 is 2.68 bits per heavy atom. The maximum Gasteiger partial charge on any atom is 0.246 e. The van der Waals surface area contributed by atoms with Crippen LogP contribution in [0.3, 0.4) is 0 Å². The molecule has 0 amide bonds. The highest BCUT2D eigenvalue weighted by atomic mass is 32.2. The first-order valence-corrected chi connectivity index (χ1v) is 8.57. The van der Waals surface area contributed by atoms with Gasteiger partial charge >= 0.3 is 0 Å². The minimum Gasteiger partial charge on any atom is -0.465 e. The van der Waals surface area contributed by atoms with Gasteiger partial charge in [0.2, 0.25) is 10.0 Å². The van der Waals surface area contributed by atoms with Gasteiger partial charge in [0.15, 0.2) is 0 Å². The summed E-state index contributed by atoms with van der Waals surface area (Å²) in [4.78, 5) is 0.262. The third-order valence-corrected chi connectivity index (χ3v) is 5.76. The fourth-order valence-electron chi connectivity index (χ4n) is 2.72. The van der Waals surface area contributed by atoms with Crippen LogP contribution in [0.25, 0.3) is 5.57 Å². The van der Waals surface area contributed by atoms with Crippen LogP contribution in [0.5, 0.6) is 0 Å². The van der Waals surface area contributed by atoms with Crippen LogP contribution < -0.4 is 0 Å². The Labute approximate surface area is 130 Å². The topological polar surface area (TPSA) is 68.3 Å². The van der Waals surface area contributed by atoms with E-state index < -0.39 is 10.0 Å². The minimum atomic E-state index is -3.53. The van der Waals surface area contributed by atoms with Gasteiger partial charge < -0.3 is 4.42 Å². The quantitative estimate of drug-likeness (QED) is 0.868. The van der Waals surface area contributed by atoms with E-state index in [2.05, 4.69) is 11.2 Å². The zero-order chi connectivity index (χ0) is 15.9. The molecule has 0 N–H and O–H groups in total. The largest absolute Gasteiger partial charge is 0.465 e. The third-order valence-electron chi connectivity index (χ3n) is 3.80. The Hall–Kier alpha value is -1.86. The molecule has 0 unspecified atom stereocenters. The summed E-state index contributed by atoms with van der Waals surface area (Å²) in [5.41, 5.74) is 1.95. The second-order valence-corrected chi connectivity index (χ2v) is 7.44. The molecule has 2 aromatic heterocycles. The number of nitrogens with zero attached hydrogens (tertiary/aromatic N) is 3. The molecule has 2 aromatic rings. The molecule has 0 spiro atoms. The van der Waals surface area contributed by atoms with Crippen molar-refractivity contribution in [1.29, 1.82) is 0 Å². The van der Waals surface area contributed by atoms with Crippen LogP contribution >= 0.6 is 0 Å². The molecule has 0 bridgehead atoms. The fourth-order valence-corrected chi connectivity index (χ4v) is 4.37. The van der Waals surface area contributed by atoms with E-state index in [4.69, 9.17) is 4.42 Å². The standard InChI is InChI=1S/C15H19N3O3S/c1-11-7-15(12(2)21-11)22(19,20)18-6-4-5-13(10-18)14-8-16-17(3)9-14/h5,7-9H,4,6,10H2,1-3H3.